The molecule has 0 bridgehead atoms. The van der Waals surface area contributed by atoms with E-state index in [1.54, 1.807) is 19.0 Å². The van der Waals surface area contributed by atoms with Crippen molar-refractivity contribution in [3.8, 4) is 0 Å². The highest BCUT2D eigenvalue weighted by atomic mass is 16.2. The summed E-state index contributed by atoms with van der Waals surface area (Å²) in [6, 6.07) is 7.74. The largest absolute Gasteiger partial charge is 0.385 e. The Kier molecular flexibility index (Phi) is 4.61. The van der Waals surface area contributed by atoms with Crippen LogP contribution in [0.15, 0.2) is 36.4 Å². The van der Waals surface area contributed by atoms with E-state index in [1.165, 1.54) is 12.8 Å². The van der Waals surface area contributed by atoms with Gasteiger partial charge in [0.25, 0.3) is 5.91 Å². The highest BCUT2D eigenvalue weighted by Gasteiger charge is 2.11. The van der Waals surface area contributed by atoms with Crippen molar-refractivity contribution in [1.82, 2.24) is 4.90 Å². The number of amides is 1. The maximum atomic E-state index is 11.9. The van der Waals surface area contributed by atoms with Crippen LogP contribution in [0.5, 0.6) is 0 Å². The Hall–Kier alpha value is -1.77. The van der Waals surface area contributed by atoms with Gasteiger partial charge >= 0.3 is 0 Å². The summed E-state index contributed by atoms with van der Waals surface area (Å²) in [5.41, 5.74) is 1.76. The molecule has 3 heteroatoms. The monoisotopic (exact) mass is 258 g/mol. The molecule has 1 N–H and O–H groups in total. The Labute approximate surface area is 115 Å². The number of anilines is 1. The zero-order chi connectivity index (χ0) is 13.7. The molecule has 1 aromatic carbocycles. The first kappa shape index (κ1) is 13.7. The number of allylic oxidation sites excluding steroid dienone is 2. The quantitative estimate of drug-likeness (QED) is 0.841. The molecule has 19 heavy (non-hydrogen) atoms. The van der Waals surface area contributed by atoms with Crippen molar-refractivity contribution < 1.29 is 4.79 Å². The predicted octanol–water partition coefficient (Wildman–Crippen LogP) is 3.16. The molecule has 1 aromatic rings. The van der Waals surface area contributed by atoms with Crippen molar-refractivity contribution in [3.63, 3.8) is 0 Å². The van der Waals surface area contributed by atoms with Gasteiger partial charge < -0.3 is 10.2 Å². The lowest BCUT2D eigenvalue weighted by atomic mass is 9.94. The summed E-state index contributed by atoms with van der Waals surface area (Å²) in [6.07, 6.45) is 8.11. The van der Waals surface area contributed by atoms with Crippen LogP contribution in [0.2, 0.25) is 0 Å². The van der Waals surface area contributed by atoms with Crippen molar-refractivity contribution in [1.29, 1.82) is 0 Å². The minimum absolute atomic E-state index is 0.0456. The second-order valence-corrected chi connectivity index (χ2v) is 5.31. The topological polar surface area (TPSA) is 32.3 Å². The van der Waals surface area contributed by atoms with Gasteiger partial charge in [-0.25, -0.2) is 0 Å². The van der Waals surface area contributed by atoms with E-state index >= 15 is 0 Å². The van der Waals surface area contributed by atoms with Crippen LogP contribution in [0.1, 0.15) is 29.6 Å². The fourth-order valence-electron chi connectivity index (χ4n) is 2.32. The molecule has 2 rings (SSSR count). The highest BCUT2D eigenvalue weighted by molar-refractivity contribution is 5.94. The van der Waals surface area contributed by atoms with Crippen molar-refractivity contribution in [2.45, 2.75) is 19.3 Å². The first-order chi connectivity index (χ1) is 9.16. The van der Waals surface area contributed by atoms with Gasteiger partial charge in [0, 0.05) is 31.9 Å². The summed E-state index contributed by atoms with van der Waals surface area (Å²) >= 11 is 0. The summed E-state index contributed by atoms with van der Waals surface area (Å²) < 4.78 is 0. The van der Waals surface area contributed by atoms with Gasteiger partial charge in [-0.2, -0.15) is 0 Å². The summed E-state index contributed by atoms with van der Waals surface area (Å²) in [5.74, 6) is 0.752. The number of carbonyl (C=O) groups is 1. The molecule has 0 saturated heterocycles. The van der Waals surface area contributed by atoms with Gasteiger partial charge in [-0.1, -0.05) is 18.2 Å². The minimum Gasteiger partial charge on any atom is -0.385 e. The fraction of sp³-hybridized carbons (Fsp3) is 0.438. The molecule has 0 heterocycles. The fourth-order valence-corrected chi connectivity index (χ4v) is 2.32. The molecule has 0 saturated carbocycles. The first-order valence-corrected chi connectivity index (χ1v) is 6.87. The maximum absolute atomic E-state index is 11.9. The van der Waals surface area contributed by atoms with Crippen LogP contribution in [0.3, 0.4) is 0 Å². The molecule has 1 unspecified atom stereocenters. The van der Waals surface area contributed by atoms with E-state index in [9.17, 15) is 4.79 Å². The average Bonchev–Trinajstić information content (AvgIpc) is 2.45. The Balaban J connectivity index is 1.95. The summed E-state index contributed by atoms with van der Waals surface area (Å²) in [5, 5.41) is 3.44. The highest BCUT2D eigenvalue weighted by Crippen LogP contribution is 2.19. The van der Waals surface area contributed by atoms with Gasteiger partial charge in [0.2, 0.25) is 0 Å². The smallest absolute Gasteiger partial charge is 0.253 e. The van der Waals surface area contributed by atoms with Crippen molar-refractivity contribution in [2.24, 2.45) is 5.92 Å². The molecule has 3 nitrogen and oxygen atoms in total. The van der Waals surface area contributed by atoms with Gasteiger partial charge in [-0.3, -0.25) is 4.79 Å². The third-order valence-corrected chi connectivity index (χ3v) is 3.49. The SMILES string of the molecule is CN(C)C(=O)c1cccc(NCC2CC=CCC2)c1. The normalized spacial score (nSPS) is 18.1. The second kappa shape index (κ2) is 6.41. The Morgan fingerprint density at radius 2 is 2.21 bits per heavy atom. The van der Waals surface area contributed by atoms with Gasteiger partial charge in [0.05, 0.1) is 0 Å². The molecule has 1 aliphatic rings. The van der Waals surface area contributed by atoms with E-state index < -0.39 is 0 Å². The van der Waals surface area contributed by atoms with Crippen LogP contribution in [0, 0.1) is 5.92 Å². The van der Waals surface area contributed by atoms with Gasteiger partial charge in [-0.15, -0.1) is 0 Å². The molecule has 1 aliphatic carbocycles. The van der Waals surface area contributed by atoms with Gasteiger partial charge in [-0.05, 0) is 43.4 Å². The molecule has 0 spiro atoms. The van der Waals surface area contributed by atoms with Gasteiger partial charge in [0.15, 0.2) is 0 Å². The zero-order valence-electron chi connectivity index (χ0n) is 11.7. The number of benzene rings is 1. The average molecular weight is 258 g/mol. The van der Waals surface area contributed by atoms with Crippen LogP contribution >= 0.6 is 0 Å². The number of nitrogens with zero attached hydrogens (tertiary/aromatic N) is 1. The van der Waals surface area contributed by atoms with Crippen LogP contribution in [0.25, 0.3) is 0 Å². The number of nitrogens with one attached hydrogen (secondary N) is 1. The van der Waals surface area contributed by atoms with E-state index in [4.69, 9.17) is 0 Å². The van der Waals surface area contributed by atoms with E-state index in [0.29, 0.717) is 5.92 Å². The Morgan fingerprint density at radius 3 is 2.89 bits per heavy atom. The van der Waals surface area contributed by atoms with Gasteiger partial charge in [0.1, 0.15) is 0 Å². The molecule has 0 aromatic heterocycles. The lowest BCUT2D eigenvalue weighted by Crippen LogP contribution is -2.22. The molecule has 1 amide bonds. The van der Waals surface area contributed by atoms with E-state index in [0.717, 1.165) is 24.2 Å². The predicted molar refractivity (Wildman–Crippen MR) is 79.4 cm³/mol. The van der Waals surface area contributed by atoms with Crippen molar-refractivity contribution >= 4 is 11.6 Å². The molecule has 0 radical (unpaired) electrons. The number of rotatable bonds is 4. The van der Waals surface area contributed by atoms with Crippen LogP contribution in [-0.2, 0) is 0 Å². The van der Waals surface area contributed by atoms with Crippen LogP contribution in [0.4, 0.5) is 5.69 Å². The molecule has 0 aliphatic heterocycles. The summed E-state index contributed by atoms with van der Waals surface area (Å²) in [4.78, 5) is 13.5. The molecule has 1 atom stereocenters. The summed E-state index contributed by atoms with van der Waals surface area (Å²) in [6.45, 7) is 0.976. The van der Waals surface area contributed by atoms with Crippen LogP contribution < -0.4 is 5.32 Å². The van der Waals surface area contributed by atoms with Crippen molar-refractivity contribution in [2.75, 3.05) is 26.0 Å². The maximum Gasteiger partial charge on any atom is 0.253 e. The Bertz CT molecular complexity index is 466. The lowest BCUT2D eigenvalue weighted by Gasteiger charge is -2.19. The van der Waals surface area contributed by atoms with Crippen molar-refractivity contribution in [3.05, 3.63) is 42.0 Å². The molecule has 102 valence electrons. The number of carbonyl (C=O) groups excluding carboxylic acids is 1. The minimum atomic E-state index is 0.0456. The first-order valence-electron chi connectivity index (χ1n) is 6.87. The zero-order valence-corrected chi connectivity index (χ0v) is 11.7. The standard InChI is InChI=1S/C16H22N2O/c1-18(2)16(19)14-9-6-10-15(11-14)17-12-13-7-4-3-5-8-13/h3-4,6,9-11,13,17H,5,7-8,12H2,1-2H3. The molecular weight excluding hydrogens is 236 g/mol. The third-order valence-electron chi connectivity index (χ3n) is 3.49. The Morgan fingerprint density at radius 1 is 1.37 bits per heavy atom. The third kappa shape index (κ3) is 3.85. The number of hydrogen-bond donors (Lipinski definition) is 1. The van der Waals surface area contributed by atoms with E-state index in [2.05, 4.69) is 17.5 Å². The summed E-state index contributed by atoms with van der Waals surface area (Å²) in [7, 11) is 3.55. The number of hydrogen-bond acceptors (Lipinski definition) is 2. The molecular formula is C16H22N2O. The second-order valence-electron chi connectivity index (χ2n) is 5.31. The van der Waals surface area contributed by atoms with E-state index in [1.807, 2.05) is 24.3 Å². The molecule has 0 fully saturated rings. The van der Waals surface area contributed by atoms with E-state index in [-0.39, 0.29) is 5.91 Å². The lowest BCUT2D eigenvalue weighted by molar-refractivity contribution is 0.0827. The van der Waals surface area contributed by atoms with Crippen LogP contribution in [-0.4, -0.2) is 31.4 Å².